The van der Waals surface area contributed by atoms with E-state index in [2.05, 4.69) is 0 Å². The highest BCUT2D eigenvalue weighted by atomic mass is 16.7. The summed E-state index contributed by atoms with van der Waals surface area (Å²) in [4.78, 5) is 0. The average Bonchev–Trinajstić information content (AvgIpc) is 3.14. The van der Waals surface area contributed by atoms with Gasteiger partial charge >= 0.3 is 0 Å². The molecule has 0 saturated carbocycles. The van der Waals surface area contributed by atoms with Gasteiger partial charge in [0.15, 0.2) is 6.29 Å². The molecule has 2 aromatic rings. The van der Waals surface area contributed by atoms with Crippen LogP contribution < -0.4 is 0 Å². The third-order valence-corrected chi connectivity index (χ3v) is 4.12. The van der Waals surface area contributed by atoms with Crippen molar-refractivity contribution in [3.63, 3.8) is 0 Å². The second kappa shape index (κ2) is 7.70. The van der Waals surface area contributed by atoms with Gasteiger partial charge in [-0.05, 0) is 35.1 Å². The summed E-state index contributed by atoms with van der Waals surface area (Å²) < 4.78 is 11.5. The van der Waals surface area contributed by atoms with Crippen molar-refractivity contribution in [3.05, 3.63) is 59.2 Å². The summed E-state index contributed by atoms with van der Waals surface area (Å²) in [5.74, 6) is 0. The molecule has 1 fully saturated rings. The fraction of sp³-hybridized carbons (Fsp3) is 0.368. The van der Waals surface area contributed by atoms with Gasteiger partial charge in [0.25, 0.3) is 0 Å². The third kappa shape index (κ3) is 3.46. The van der Waals surface area contributed by atoms with Gasteiger partial charge in [-0.15, -0.1) is 0 Å². The number of aliphatic hydroxyl groups excluding tert-OH is 2. The summed E-state index contributed by atoms with van der Waals surface area (Å²) in [6.45, 7) is 1.25. The molecular weight excluding hydrogens is 292 g/mol. The molecule has 0 aromatic heterocycles. The molecule has 2 N–H and O–H groups in total. The summed E-state index contributed by atoms with van der Waals surface area (Å²) in [7, 11) is 0. The lowest BCUT2D eigenvalue weighted by molar-refractivity contribution is -0.0443. The summed E-state index contributed by atoms with van der Waals surface area (Å²) in [6, 6.07) is 14.0. The van der Waals surface area contributed by atoms with E-state index < -0.39 is 6.29 Å². The van der Waals surface area contributed by atoms with Gasteiger partial charge in [0.2, 0.25) is 0 Å². The lowest BCUT2D eigenvalue weighted by atomic mass is 9.89. The molecule has 0 unspecified atom stereocenters. The zero-order valence-electron chi connectivity index (χ0n) is 13.1. The van der Waals surface area contributed by atoms with E-state index in [9.17, 15) is 5.11 Å². The van der Waals surface area contributed by atoms with Crippen LogP contribution in [0.4, 0.5) is 0 Å². The van der Waals surface area contributed by atoms with Gasteiger partial charge in [-0.2, -0.15) is 0 Å². The number of aryl methyl sites for hydroxylation is 1. The minimum absolute atomic E-state index is 0.0375. The Morgan fingerprint density at radius 1 is 0.913 bits per heavy atom. The Morgan fingerprint density at radius 3 is 2.26 bits per heavy atom. The molecule has 4 nitrogen and oxygen atoms in total. The van der Waals surface area contributed by atoms with Crippen LogP contribution >= 0.6 is 0 Å². The Labute approximate surface area is 136 Å². The highest BCUT2D eigenvalue weighted by Gasteiger charge is 2.26. The highest BCUT2D eigenvalue weighted by molar-refractivity contribution is 5.73. The third-order valence-electron chi connectivity index (χ3n) is 4.12. The van der Waals surface area contributed by atoms with E-state index >= 15 is 0 Å². The van der Waals surface area contributed by atoms with E-state index in [-0.39, 0.29) is 13.2 Å². The molecule has 0 spiro atoms. The van der Waals surface area contributed by atoms with Gasteiger partial charge < -0.3 is 19.7 Å². The summed E-state index contributed by atoms with van der Waals surface area (Å²) >= 11 is 0. The van der Waals surface area contributed by atoms with Crippen LogP contribution in [0.3, 0.4) is 0 Å². The predicted molar refractivity (Wildman–Crippen MR) is 87.9 cm³/mol. The van der Waals surface area contributed by atoms with Gasteiger partial charge in [0, 0.05) is 12.2 Å². The molecule has 1 saturated heterocycles. The van der Waals surface area contributed by atoms with Crippen molar-refractivity contribution in [2.45, 2.75) is 25.7 Å². The van der Waals surface area contributed by atoms with E-state index in [1.807, 2.05) is 42.5 Å². The molecule has 0 amide bonds. The van der Waals surface area contributed by atoms with Crippen LogP contribution in [0.25, 0.3) is 11.1 Å². The average molecular weight is 314 g/mol. The van der Waals surface area contributed by atoms with Crippen LogP contribution in [-0.2, 0) is 22.5 Å². The van der Waals surface area contributed by atoms with Crippen molar-refractivity contribution in [3.8, 4) is 11.1 Å². The van der Waals surface area contributed by atoms with Crippen LogP contribution in [0.15, 0.2) is 42.5 Å². The van der Waals surface area contributed by atoms with Gasteiger partial charge in [-0.25, -0.2) is 0 Å². The fourth-order valence-corrected chi connectivity index (χ4v) is 3.07. The number of rotatable bonds is 6. The quantitative estimate of drug-likeness (QED) is 0.861. The SMILES string of the molecule is OCCCc1ccc(CO)c(-c2ccccc2)c1C1OCCO1. The summed E-state index contributed by atoms with van der Waals surface area (Å²) in [5.41, 5.74) is 4.96. The van der Waals surface area contributed by atoms with E-state index in [0.717, 1.165) is 34.2 Å². The molecule has 0 atom stereocenters. The standard InChI is InChI=1S/C19H22O4/c20-10-4-7-15-8-9-16(13-21)17(14-5-2-1-3-6-14)18(15)19-22-11-12-23-19/h1-3,5-6,8-9,19-21H,4,7,10-13H2. The Hall–Kier alpha value is -1.72. The van der Waals surface area contributed by atoms with Crippen LogP contribution in [0.2, 0.25) is 0 Å². The lowest BCUT2D eigenvalue weighted by Gasteiger charge is -2.22. The molecular formula is C19H22O4. The van der Waals surface area contributed by atoms with Crippen molar-refractivity contribution in [1.29, 1.82) is 0 Å². The zero-order chi connectivity index (χ0) is 16.1. The van der Waals surface area contributed by atoms with Crippen LogP contribution in [0, 0.1) is 0 Å². The fourth-order valence-electron chi connectivity index (χ4n) is 3.07. The second-order valence-electron chi connectivity index (χ2n) is 5.60. The number of ether oxygens (including phenoxy) is 2. The van der Waals surface area contributed by atoms with E-state index in [4.69, 9.17) is 14.6 Å². The molecule has 4 heteroatoms. The topological polar surface area (TPSA) is 58.9 Å². The Kier molecular flexibility index (Phi) is 5.41. The first-order valence-electron chi connectivity index (χ1n) is 8.00. The minimum atomic E-state index is -0.412. The van der Waals surface area contributed by atoms with E-state index in [0.29, 0.717) is 19.6 Å². The maximum Gasteiger partial charge on any atom is 0.184 e. The largest absolute Gasteiger partial charge is 0.396 e. The van der Waals surface area contributed by atoms with Crippen LogP contribution in [0.5, 0.6) is 0 Å². The van der Waals surface area contributed by atoms with Gasteiger partial charge in [0.1, 0.15) is 0 Å². The van der Waals surface area contributed by atoms with Crippen LogP contribution in [0.1, 0.15) is 29.4 Å². The summed E-state index contributed by atoms with van der Waals surface area (Å²) in [6.07, 6.45) is 1.03. The molecule has 0 bridgehead atoms. The molecule has 1 heterocycles. The van der Waals surface area contributed by atoms with Crippen molar-refractivity contribution < 1.29 is 19.7 Å². The Balaban J connectivity index is 2.16. The smallest absolute Gasteiger partial charge is 0.184 e. The maximum atomic E-state index is 9.79. The Bertz CT molecular complexity index is 633. The first-order valence-corrected chi connectivity index (χ1v) is 8.00. The molecule has 2 aromatic carbocycles. The molecule has 1 aliphatic rings. The van der Waals surface area contributed by atoms with Gasteiger partial charge in [-0.1, -0.05) is 42.5 Å². The maximum absolute atomic E-state index is 9.79. The minimum Gasteiger partial charge on any atom is -0.396 e. The van der Waals surface area contributed by atoms with Crippen molar-refractivity contribution in [1.82, 2.24) is 0 Å². The normalized spacial score (nSPS) is 15.2. The second-order valence-corrected chi connectivity index (χ2v) is 5.60. The molecule has 0 aliphatic carbocycles. The van der Waals surface area contributed by atoms with Crippen molar-refractivity contribution >= 4 is 0 Å². The molecule has 3 rings (SSSR count). The van der Waals surface area contributed by atoms with Gasteiger partial charge in [-0.3, -0.25) is 0 Å². The van der Waals surface area contributed by atoms with Crippen molar-refractivity contribution in [2.24, 2.45) is 0 Å². The number of aliphatic hydroxyl groups is 2. The van der Waals surface area contributed by atoms with E-state index in [1.54, 1.807) is 0 Å². The summed E-state index contributed by atoms with van der Waals surface area (Å²) in [5, 5.41) is 19.0. The molecule has 23 heavy (non-hydrogen) atoms. The van der Waals surface area contributed by atoms with Crippen molar-refractivity contribution in [2.75, 3.05) is 19.8 Å². The lowest BCUT2D eigenvalue weighted by Crippen LogP contribution is -2.09. The van der Waals surface area contributed by atoms with Crippen LogP contribution in [-0.4, -0.2) is 30.0 Å². The predicted octanol–water partition coefficient (Wildman–Crippen LogP) is 2.82. The first kappa shape index (κ1) is 16.1. The monoisotopic (exact) mass is 314 g/mol. The molecule has 1 aliphatic heterocycles. The van der Waals surface area contributed by atoms with E-state index in [1.165, 1.54) is 0 Å². The zero-order valence-corrected chi connectivity index (χ0v) is 13.1. The molecule has 0 radical (unpaired) electrons. The molecule has 122 valence electrons. The number of hydrogen-bond donors (Lipinski definition) is 2. The number of benzene rings is 2. The highest BCUT2D eigenvalue weighted by Crippen LogP contribution is 2.38. The number of hydrogen-bond acceptors (Lipinski definition) is 4. The van der Waals surface area contributed by atoms with Gasteiger partial charge in [0.05, 0.1) is 19.8 Å². The first-order chi connectivity index (χ1) is 11.3. The Morgan fingerprint density at radius 2 is 1.61 bits per heavy atom.